The zero-order chi connectivity index (χ0) is 15.6. The largest absolute Gasteiger partial charge is 0.421 e. The van der Waals surface area contributed by atoms with Crippen LogP contribution in [0.3, 0.4) is 0 Å². The van der Waals surface area contributed by atoms with E-state index in [2.05, 4.69) is 15.0 Å². The van der Waals surface area contributed by atoms with Gasteiger partial charge in [-0.05, 0) is 31.4 Å². The van der Waals surface area contributed by atoms with E-state index in [1.54, 1.807) is 23.4 Å². The first-order valence-corrected chi connectivity index (χ1v) is 7.67. The summed E-state index contributed by atoms with van der Waals surface area (Å²) < 4.78 is 5.52. The van der Waals surface area contributed by atoms with Crippen LogP contribution in [-0.4, -0.2) is 27.1 Å². The lowest BCUT2D eigenvalue weighted by Crippen LogP contribution is -2.45. The van der Waals surface area contributed by atoms with E-state index in [0.29, 0.717) is 17.0 Å². The van der Waals surface area contributed by atoms with Gasteiger partial charge in [-0.25, -0.2) is 9.78 Å². The van der Waals surface area contributed by atoms with E-state index in [1.165, 1.54) is 0 Å². The second-order valence-electron chi connectivity index (χ2n) is 5.58. The Morgan fingerprint density at radius 3 is 2.65 bits per heavy atom. The Bertz CT molecular complexity index is 794. The van der Waals surface area contributed by atoms with Crippen LogP contribution >= 0.6 is 0 Å². The SMILES string of the molecule is O=C(Oc1cc2nccnc2[nH]1)N(c1ccccc1)C1CCC1. The molecular formula is C17H16N4O2. The van der Waals surface area contributed by atoms with Crippen molar-refractivity contribution in [1.29, 1.82) is 0 Å². The van der Waals surface area contributed by atoms with Gasteiger partial charge >= 0.3 is 6.09 Å². The van der Waals surface area contributed by atoms with Gasteiger partial charge in [-0.1, -0.05) is 18.2 Å². The molecule has 23 heavy (non-hydrogen) atoms. The van der Waals surface area contributed by atoms with Gasteiger partial charge in [0.1, 0.15) is 5.52 Å². The Hall–Kier alpha value is -2.89. The van der Waals surface area contributed by atoms with E-state index in [1.807, 2.05) is 30.3 Å². The maximum atomic E-state index is 12.7. The number of hydrogen-bond donors (Lipinski definition) is 1. The van der Waals surface area contributed by atoms with E-state index < -0.39 is 0 Å². The second-order valence-corrected chi connectivity index (χ2v) is 5.58. The number of nitrogens with one attached hydrogen (secondary N) is 1. The van der Waals surface area contributed by atoms with Crippen molar-refractivity contribution in [1.82, 2.24) is 15.0 Å². The van der Waals surface area contributed by atoms with E-state index in [0.717, 1.165) is 24.9 Å². The highest BCUT2D eigenvalue weighted by atomic mass is 16.6. The molecule has 0 saturated heterocycles. The number of para-hydroxylation sites is 1. The average Bonchev–Trinajstić information content (AvgIpc) is 2.93. The lowest BCUT2D eigenvalue weighted by Gasteiger charge is -2.36. The predicted molar refractivity (Wildman–Crippen MR) is 86.5 cm³/mol. The first-order valence-electron chi connectivity index (χ1n) is 7.67. The van der Waals surface area contributed by atoms with Crippen molar-refractivity contribution < 1.29 is 9.53 Å². The third kappa shape index (κ3) is 2.63. The second kappa shape index (κ2) is 5.72. The summed E-state index contributed by atoms with van der Waals surface area (Å²) in [5.41, 5.74) is 2.13. The van der Waals surface area contributed by atoms with Crippen LogP contribution in [-0.2, 0) is 0 Å². The fraction of sp³-hybridized carbons (Fsp3) is 0.235. The molecule has 116 valence electrons. The van der Waals surface area contributed by atoms with Crippen LogP contribution in [0.4, 0.5) is 10.5 Å². The lowest BCUT2D eigenvalue weighted by atomic mass is 9.91. The summed E-state index contributed by atoms with van der Waals surface area (Å²) in [5.74, 6) is 0.358. The first-order chi connectivity index (χ1) is 11.3. The van der Waals surface area contributed by atoms with E-state index in [-0.39, 0.29) is 12.1 Å². The maximum Gasteiger partial charge on any atom is 0.421 e. The van der Waals surface area contributed by atoms with Crippen LogP contribution in [0.5, 0.6) is 5.88 Å². The highest BCUT2D eigenvalue weighted by Crippen LogP contribution is 2.30. The van der Waals surface area contributed by atoms with Crippen molar-refractivity contribution in [3.8, 4) is 5.88 Å². The number of hydrogen-bond acceptors (Lipinski definition) is 4. The third-order valence-electron chi connectivity index (χ3n) is 4.10. The van der Waals surface area contributed by atoms with Crippen LogP contribution in [0.25, 0.3) is 11.2 Å². The summed E-state index contributed by atoms with van der Waals surface area (Å²) in [5, 5.41) is 0. The Kier molecular flexibility index (Phi) is 3.42. The van der Waals surface area contributed by atoms with Gasteiger partial charge in [-0.15, -0.1) is 0 Å². The van der Waals surface area contributed by atoms with Crippen LogP contribution in [0.2, 0.25) is 0 Å². The monoisotopic (exact) mass is 308 g/mol. The molecule has 0 atom stereocenters. The molecule has 4 rings (SSSR count). The van der Waals surface area contributed by atoms with E-state index >= 15 is 0 Å². The Morgan fingerprint density at radius 1 is 1.17 bits per heavy atom. The van der Waals surface area contributed by atoms with E-state index in [4.69, 9.17) is 4.74 Å². The average molecular weight is 308 g/mol. The molecule has 1 N–H and O–H groups in total. The highest BCUT2D eigenvalue weighted by molar-refractivity contribution is 5.90. The number of anilines is 1. The predicted octanol–water partition coefficient (Wildman–Crippen LogP) is 3.52. The van der Waals surface area contributed by atoms with Crippen molar-refractivity contribution in [2.75, 3.05) is 4.90 Å². The van der Waals surface area contributed by atoms with Gasteiger partial charge in [0.15, 0.2) is 5.65 Å². The topological polar surface area (TPSA) is 71.1 Å². The van der Waals surface area contributed by atoms with Crippen LogP contribution < -0.4 is 9.64 Å². The number of nitrogens with zero attached hydrogens (tertiary/aromatic N) is 3. The van der Waals surface area contributed by atoms with Crippen LogP contribution in [0.15, 0.2) is 48.8 Å². The number of carbonyl (C=O) groups excluding carboxylic acids is 1. The number of ether oxygens (including phenoxy) is 1. The molecule has 0 radical (unpaired) electrons. The minimum atomic E-state index is -0.382. The number of H-pyrrole nitrogens is 1. The molecular weight excluding hydrogens is 292 g/mol. The van der Waals surface area contributed by atoms with Gasteiger partial charge in [0.2, 0.25) is 5.88 Å². The van der Waals surface area contributed by atoms with Gasteiger partial charge in [-0.2, -0.15) is 0 Å². The zero-order valence-electron chi connectivity index (χ0n) is 12.5. The molecule has 1 fully saturated rings. The molecule has 6 nitrogen and oxygen atoms in total. The molecule has 1 aliphatic rings. The highest BCUT2D eigenvalue weighted by Gasteiger charge is 2.31. The fourth-order valence-corrected chi connectivity index (χ4v) is 2.72. The normalized spacial score (nSPS) is 14.4. The third-order valence-corrected chi connectivity index (χ3v) is 4.10. The van der Waals surface area contributed by atoms with Crippen molar-refractivity contribution in [3.63, 3.8) is 0 Å². The van der Waals surface area contributed by atoms with Gasteiger partial charge < -0.3 is 9.72 Å². The summed E-state index contributed by atoms with van der Waals surface area (Å²) in [7, 11) is 0. The molecule has 2 heterocycles. The summed E-state index contributed by atoms with van der Waals surface area (Å²) in [6, 6.07) is 11.5. The molecule has 0 unspecified atom stereocenters. The van der Waals surface area contributed by atoms with Crippen LogP contribution in [0, 0.1) is 0 Å². The summed E-state index contributed by atoms with van der Waals surface area (Å²) in [4.78, 5) is 25.7. The number of carbonyl (C=O) groups is 1. The van der Waals surface area contributed by atoms with Crippen molar-refractivity contribution in [3.05, 3.63) is 48.8 Å². The molecule has 2 aromatic heterocycles. The standard InChI is InChI=1S/C17H16N4O2/c22-17(23-15-11-14-16(20-15)19-10-9-18-14)21(13-7-4-8-13)12-5-2-1-3-6-12/h1-3,5-6,9-11,13H,4,7-8H2,(H,19,20). The molecule has 1 aliphatic carbocycles. The number of fused-ring (bicyclic) bond motifs is 1. The fourth-order valence-electron chi connectivity index (χ4n) is 2.72. The molecule has 3 aromatic rings. The lowest BCUT2D eigenvalue weighted by molar-refractivity contribution is 0.198. The van der Waals surface area contributed by atoms with Crippen LogP contribution in [0.1, 0.15) is 19.3 Å². The van der Waals surface area contributed by atoms with Gasteiger partial charge in [0.05, 0.1) is 0 Å². The maximum absolute atomic E-state index is 12.7. The number of aromatic nitrogens is 3. The minimum absolute atomic E-state index is 0.200. The van der Waals surface area contributed by atoms with Gasteiger partial charge in [0.25, 0.3) is 0 Å². The van der Waals surface area contributed by atoms with Gasteiger partial charge in [0, 0.05) is 30.2 Å². The Labute approximate surface area is 133 Å². The summed E-state index contributed by atoms with van der Waals surface area (Å²) >= 11 is 0. The summed E-state index contributed by atoms with van der Waals surface area (Å²) in [6.07, 6.45) is 5.95. The molecule has 1 saturated carbocycles. The number of aromatic amines is 1. The smallest absolute Gasteiger partial charge is 0.393 e. The van der Waals surface area contributed by atoms with Crippen molar-refractivity contribution >= 4 is 22.9 Å². The summed E-state index contributed by atoms with van der Waals surface area (Å²) in [6.45, 7) is 0. The zero-order valence-corrected chi connectivity index (χ0v) is 12.5. The Balaban J connectivity index is 1.59. The number of amides is 1. The Morgan fingerprint density at radius 2 is 1.96 bits per heavy atom. The minimum Gasteiger partial charge on any atom is -0.393 e. The molecule has 1 amide bonds. The molecule has 6 heteroatoms. The van der Waals surface area contributed by atoms with Crippen molar-refractivity contribution in [2.24, 2.45) is 0 Å². The molecule has 0 spiro atoms. The van der Waals surface area contributed by atoms with Crippen molar-refractivity contribution in [2.45, 2.75) is 25.3 Å². The van der Waals surface area contributed by atoms with Gasteiger partial charge in [-0.3, -0.25) is 9.88 Å². The molecule has 1 aromatic carbocycles. The quantitative estimate of drug-likeness (QED) is 0.803. The number of benzene rings is 1. The number of rotatable bonds is 3. The molecule has 0 bridgehead atoms. The molecule has 0 aliphatic heterocycles. The van der Waals surface area contributed by atoms with E-state index in [9.17, 15) is 4.79 Å². The first kappa shape index (κ1) is 13.8.